The first-order chi connectivity index (χ1) is 17.7. The van der Waals surface area contributed by atoms with Crippen LogP contribution in [-0.4, -0.2) is 52.6 Å². The van der Waals surface area contributed by atoms with Crippen molar-refractivity contribution in [2.24, 2.45) is 5.92 Å². The molecule has 1 aliphatic carbocycles. The van der Waals surface area contributed by atoms with Gasteiger partial charge in [0, 0.05) is 24.1 Å². The maximum absolute atomic E-state index is 13.0. The van der Waals surface area contributed by atoms with Crippen LogP contribution in [0.15, 0.2) is 42.5 Å². The van der Waals surface area contributed by atoms with Crippen LogP contribution in [0.4, 0.5) is 13.2 Å². The van der Waals surface area contributed by atoms with E-state index in [1.807, 2.05) is 24.3 Å². The Kier molecular flexibility index (Phi) is 7.07. The number of halogens is 3. The van der Waals surface area contributed by atoms with Crippen molar-refractivity contribution in [3.63, 3.8) is 0 Å². The molecule has 0 radical (unpaired) electrons. The molecule has 2 aromatic carbocycles. The van der Waals surface area contributed by atoms with Crippen LogP contribution in [0.25, 0.3) is 0 Å². The van der Waals surface area contributed by atoms with Crippen molar-refractivity contribution >= 4 is 17.5 Å². The first-order valence-electron chi connectivity index (χ1n) is 12.7. The van der Waals surface area contributed by atoms with E-state index in [4.69, 9.17) is 4.74 Å². The molecule has 1 unspecified atom stereocenters. The van der Waals surface area contributed by atoms with Crippen molar-refractivity contribution in [3.05, 3.63) is 64.7 Å². The number of hydrogen-bond donors (Lipinski definition) is 0. The van der Waals surface area contributed by atoms with E-state index >= 15 is 0 Å². The number of fused-ring (bicyclic) bond motifs is 1. The van der Waals surface area contributed by atoms with Crippen LogP contribution in [0, 0.1) is 5.92 Å². The highest BCUT2D eigenvalue weighted by molar-refractivity contribution is 6.07. The molecule has 0 aromatic heterocycles. The van der Waals surface area contributed by atoms with Crippen LogP contribution < -0.4 is 4.74 Å². The van der Waals surface area contributed by atoms with Gasteiger partial charge in [0.15, 0.2) is 5.78 Å². The van der Waals surface area contributed by atoms with E-state index in [1.54, 1.807) is 23.1 Å². The summed E-state index contributed by atoms with van der Waals surface area (Å²) >= 11 is 0. The summed E-state index contributed by atoms with van der Waals surface area (Å²) in [6.45, 7) is 2.05. The van der Waals surface area contributed by atoms with Gasteiger partial charge in [0.1, 0.15) is 18.1 Å². The van der Waals surface area contributed by atoms with Crippen LogP contribution >= 0.6 is 0 Å². The third-order valence-electron chi connectivity index (χ3n) is 7.64. The lowest BCUT2D eigenvalue weighted by molar-refractivity contribution is -0.185. The van der Waals surface area contributed by atoms with Crippen molar-refractivity contribution in [3.8, 4) is 5.75 Å². The number of likely N-dealkylation sites (tertiary alicyclic amines) is 1. The molecule has 0 spiro atoms. The van der Waals surface area contributed by atoms with E-state index in [2.05, 4.69) is 4.90 Å². The number of ether oxygens (including phenoxy) is 1. The van der Waals surface area contributed by atoms with E-state index in [0.29, 0.717) is 50.4 Å². The van der Waals surface area contributed by atoms with E-state index in [1.165, 1.54) is 0 Å². The Hall–Kier alpha value is -3.20. The zero-order chi connectivity index (χ0) is 26.2. The van der Waals surface area contributed by atoms with E-state index < -0.39 is 18.1 Å². The molecule has 3 aliphatic rings. The normalized spacial score (nSPS) is 21.4. The van der Waals surface area contributed by atoms with Crippen molar-refractivity contribution in [2.45, 2.75) is 64.0 Å². The summed E-state index contributed by atoms with van der Waals surface area (Å²) in [5.74, 6) is -1.10. The highest BCUT2D eigenvalue weighted by atomic mass is 19.4. The molecule has 2 aliphatic heterocycles. The number of amides is 1. The molecule has 2 aromatic rings. The van der Waals surface area contributed by atoms with Crippen LogP contribution in [0.2, 0.25) is 0 Å². The monoisotopic (exact) mass is 514 g/mol. The predicted molar refractivity (Wildman–Crippen MR) is 129 cm³/mol. The summed E-state index contributed by atoms with van der Waals surface area (Å²) in [6.07, 6.45) is -3.27. The molecular formula is C28H29F3N2O4. The number of hydrogen-bond acceptors (Lipinski definition) is 5. The summed E-state index contributed by atoms with van der Waals surface area (Å²) in [5, 5.41) is 0. The molecule has 196 valence electrons. The number of carbonyl (C=O) groups excluding carboxylic acids is 3. The lowest BCUT2D eigenvalue weighted by atomic mass is 9.92. The second kappa shape index (κ2) is 10.3. The quantitative estimate of drug-likeness (QED) is 0.524. The van der Waals surface area contributed by atoms with Gasteiger partial charge in [-0.25, -0.2) is 0 Å². The molecular weight excluding hydrogens is 485 g/mol. The summed E-state index contributed by atoms with van der Waals surface area (Å²) in [4.78, 5) is 40.6. The van der Waals surface area contributed by atoms with Gasteiger partial charge in [-0.1, -0.05) is 30.3 Å². The molecule has 6 nitrogen and oxygen atoms in total. The maximum Gasteiger partial charge on any atom is 0.391 e. The SMILES string of the molecule is O=C1CCC(N2Cc3c(OCc4ccc(CN5CCC(C(F)(F)F)CC5)cc4)cccc3C2=O)C(=O)C1. The Morgan fingerprint density at radius 2 is 1.62 bits per heavy atom. The molecule has 1 saturated heterocycles. The first kappa shape index (κ1) is 25.4. The van der Waals surface area contributed by atoms with Gasteiger partial charge in [0.05, 0.1) is 24.9 Å². The standard InChI is InChI=1S/C28H29F3N2O4/c29-28(30,31)20-10-12-32(13-11-20)15-18-4-6-19(7-5-18)17-37-26-3-1-2-22-23(26)16-33(27(22)36)24-9-8-21(34)14-25(24)35/h1-7,20,24H,8-17H2. The van der Waals surface area contributed by atoms with Gasteiger partial charge in [-0.3, -0.25) is 19.3 Å². The van der Waals surface area contributed by atoms with Crippen LogP contribution in [0.5, 0.6) is 5.75 Å². The van der Waals surface area contributed by atoms with Gasteiger partial charge in [0.2, 0.25) is 0 Å². The third-order valence-corrected chi connectivity index (χ3v) is 7.64. The molecule has 5 rings (SSSR count). The Morgan fingerprint density at radius 1 is 0.919 bits per heavy atom. The average molecular weight is 515 g/mol. The number of nitrogens with zero attached hydrogens (tertiary/aromatic N) is 2. The lowest BCUT2D eigenvalue weighted by Gasteiger charge is -2.32. The van der Waals surface area contributed by atoms with Crippen molar-refractivity contribution < 1.29 is 32.3 Å². The Balaban J connectivity index is 1.17. The van der Waals surface area contributed by atoms with Gasteiger partial charge in [-0.2, -0.15) is 13.2 Å². The molecule has 1 saturated carbocycles. The summed E-state index contributed by atoms with van der Waals surface area (Å²) in [6, 6.07) is 12.5. The van der Waals surface area contributed by atoms with Crippen molar-refractivity contribution in [2.75, 3.05) is 13.1 Å². The number of benzene rings is 2. The number of Topliss-reactive ketones (excluding diaryl/α,β-unsaturated/α-hetero) is 2. The second-order valence-electron chi connectivity index (χ2n) is 10.1. The average Bonchev–Trinajstić information content (AvgIpc) is 3.20. The number of alkyl halides is 3. The van der Waals surface area contributed by atoms with Gasteiger partial charge in [0.25, 0.3) is 5.91 Å². The van der Waals surface area contributed by atoms with E-state index in [-0.39, 0.29) is 43.3 Å². The second-order valence-corrected chi connectivity index (χ2v) is 10.1. The van der Waals surface area contributed by atoms with Crippen LogP contribution in [0.1, 0.15) is 59.2 Å². The number of carbonyl (C=O) groups is 3. The highest BCUT2D eigenvalue weighted by Gasteiger charge is 2.41. The van der Waals surface area contributed by atoms with Gasteiger partial charge in [-0.05, 0) is 55.6 Å². The molecule has 9 heteroatoms. The number of ketones is 2. The van der Waals surface area contributed by atoms with Crippen LogP contribution in [-0.2, 0) is 29.3 Å². The highest BCUT2D eigenvalue weighted by Crippen LogP contribution is 2.36. The Bertz CT molecular complexity index is 1190. The Labute approximate surface area is 213 Å². The van der Waals surface area contributed by atoms with E-state index in [9.17, 15) is 27.6 Å². The molecule has 0 bridgehead atoms. The summed E-state index contributed by atoms with van der Waals surface area (Å²) in [7, 11) is 0. The lowest BCUT2D eigenvalue weighted by Crippen LogP contribution is -2.44. The van der Waals surface area contributed by atoms with Gasteiger partial charge < -0.3 is 9.64 Å². The summed E-state index contributed by atoms with van der Waals surface area (Å²) in [5.41, 5.74) is 3.23. The van der Waals surface area contributed by atoms with Crippen LogP contribution in [0.3, 0.4) is 0 Å². The predicted octanol–water partition coefficient (Wildman–Crippen LogP) is 4.69. The van der Waals surface area contributed by atoms with E-state index in [0.717, 1.165) is 16.7 Å². The summed E-state index contributed by atoms with van der Waals surface area (Å²) < 4.78 is 44.7. The minimum atomic E-state index is -4.11. The number of piperidine rings is 1. The zero-order valence-corrected chi connectivity index (χ0v) is 20.4. The number of rotatable bonds is 6. The first-order valence-corrected chi connectivity index (χ1v) is 12.7. The van der Waals surface area contributed by atoms with Gasteiger partial charge >= 0.3 is 6.18 Å². The molecule has 1 atom stereocenters. The fourth-order valence-electron chi connectivity index (χ4n) is 5.48. The molecule has 37 heavy (non-hydrogen) atoms. The smallest absolute Gasteiger partial charge is 0.391 e. The molecule has 2 heterocycles. The largest absolute Gasteiger partial charge is 0.489 e. The fourth-order valence-corrected chi connectivity index (χ4v) is 5.48. The molecule has 2 fully saturated rings. The fraction of sp³-hybridized carbons (Fsp3) is 0.464. The Morgan fingerprint density at radius 3 is 2.30 bits per heavy atom. The minimum Gasteiger partial charge on any atom is -0.489 e. The minimum absolute atomic E-state index is 0.0773. The third kappa shape index (κ3) is 5.56. The molecule has 1 amide bonds. The zero-order valence-electron chi connectivity index (χ0n) is 20.4. The van der Waals surface area contributed by atoms with Crippen molar-refractivity contribution in [1.29, 1.82) is 0 Å². The topological polar surface area (TPSA) is 66.9 Å². The van der Waals surface area contributed by atoms with Gasteiger partial charge in [-0.15, -0.1) is 0 Å². The maximum atomic E-state index is 13.0. The van der Waals surface area contributed by atoms with Crippen molar-refractivity contribution in [1.82, 2.24) is 9.80 Å². The molecule has 0 N–H and O–H groups in total.